The molecule has 1 aromatic rings. The summed E-state index contributed by atoms with van der Waals surface area (Å²) in [6, 6.07) is 2.68. The van der Waals surface area contributed by atoms with Gasteiger partial charge in [-0.2, -0.15) is 0 Å². The second kappa shape index (κ2) is 5.57. The number of hydrogen-bond acceptors (Lipinski definition) is 4. The highest BCUT2D eigenvalue weighted by Crippen LogP contribution is 2.30. The number of anilines is 1. The molecule has 1 heterocycles. The molecule has 1 aliphatic heterocycles. The van der Waals surface area contributed by atoms with Gasteiger partial charge in [-0.05, 0) is 31.4 Å². The number of amides is 1. The summed E-state index contributed by atoms with van der Waals surface area (Å²) in [6.45, 7) is 1.78. The summed E-state index contributed by atoms with van der Waals surface area (Å²) < 4.78 is 27.2. The van der Waals surface area contributed by atoms with Gasteiger partial charge in [0.05, 0.1) is 0 Å². The highest BCUT2D eigenvalue weighted by atomic mass is 19.1. The Bertz CT molecular complexity index is 539. The van der Waals surface area contributed by atoms with Crippen LogP contribution in [0.3, 0.4) is 0 Å². The van der Waals surface area contributed by atoms with Gasteiger partial charge in [0.2, 0.25) is 0 Å². The molecule has 1 aliphatic carbocycles. The Morgan fingerprint density at radius 1 is 1.24 bits per heavy atom. The molecule has 0 spiro atoms. The standard InChI is InChI=1S/C14H18F2N4O/c15-11-5-8(6-12(16)13(11)19-17)14(21)18-9-3-4-20(7-9)10-1-2-10/h5-6,9-10,19H,1-4,7,17H2,(H,18,21). The monoisotopic (exact) mass is 296 g/mol. The van der Waals surface area contributed by atoms with E-state index < -0.39 is 23.2 Å². The van der Waals surface area contributed by atoms with Crippen molar-refractivity contribution in [2.45, 2.75) is 31.3 Å². The number of halogens is 2. The van der Waals surface area contributed by atoms with Crippen LogP contribution in [-0.4, -0.2) is 36.0 Å². The molecule has 1 saturated carbocycles. The highest BCUT2D eigenvalue weighted by molar-refractivity contribution is 5.94. The molecule has 1 aromatic carbocycles. The van der Waals surface area contributed by atoms with Gasteiger partial charge >= 0.3 is 0 Å². The summed E-state index contributed by atoms with van der Waals surface area (Å²) in [7, 11) is 0. The van der Waals surface area contributed by atoms with Gasteiger partial charge in [0, 0.05) is 30.7 Å². The van der Waals surface area contributed by atoms with Crippen LogP contribution in [0, 0.1) is 11.6 Å². The summed E-state index contributed by atoms with van der Waals surface area (Å²) in [4.78, 5) is 14.4. The van der Waals surface area contributed by atoms with Crippen LogP contribution in [0.25, 0.3) is 0 Å². The van der Waals surface area contributed by atoms with E-state index in [1.165, 1.54) is 12.8 Å². The Morgan fingerprint density at radius 3 is 2.48 bits per heavy atom. The van der Waals surface area contributed by atoms with E-state index in [2.05, 4.69) is 10.2 Å². The normalized spacial score (nSPS) is 22.3. The van der Waals surface area contributed by atoms with Gasteiger partial charge in [-0.15, -0.1) is 0 Å². The maximum absolute atomic E-state index is 13.6. The number of nitrogens with zero attached hydrogens (tertiary/aromatic N) is 1. The van der Waals surface area contributed by atoms with E-state index in [-0.39, 0.29) is 11.6 Å². The molecular weight excluding hydrogens is 278 g/mol. The molecular formula is C14H18F2N4O. The van der Waals surface area contributed by atoms with E-state index in [1.54, 1.807) is 0 Å². The number of carbonyl (C=O) groups is 1. The van der Waals surface area contributed by atoms with Crippen LogP contribution in [0.4, 0.5) is 14.5 Å². The molecule has 5 nitrogen and oxygen atoms in total. The maximum atomic E-state index is 13.6. The SMILES string of the molecule is NNc1c(F)cc(C(=O)NC2CCN(C3CC3)C2)cc1F. The molecule has 2 fully saturated rings. The number of likely N-dealkylation sites (tertiary alicyclic amines) is 1. The molecule has 2 aliphatic rings. The first-order valence-corrected chi connectivity index (χ1v) is 7.09. The van der Waals surface area contributed by atoms with Crippen LogP contribution >= 0.6 is 0 Å². The molecule has 7 heteroatoms. The fourth-order valence-electron chi connectivity index (χ4n) is 2.79. The van der Waals surface area contributed by atoms with Gasteiger partial charge in [-0.1, -0.05) is 0 Å². The third-order valence-corrected chi connectivity index (χ3v) is 4.07. The molecule has 1 unspecified atom stereocenters. The van der Waals surface area contributed by atoms with Crippen molar-refractivity contribution in [3.8, 4) is 0 Å². The lowest BCUT2D eigenvalue weighted by atomic mass is 10.1. The van der Waals surface area contributed by atoms with Crippen LogP contribution in [0.1, 0.15) is 29.6 Å². The van der Waals surface area contributed by atoms with Crippen LogP contribution < -0.4 is 16.6 Å². The molecule has 21 heavy (non-hydrogen) atoms. The van der Waals surface area contributed by atoms with Gasteiger partial charge in [0.1, 0.15) is 5.69 Å². The average Bonchev–Trinajstić information content (AvgIpc) is 3.19. The number of benzene rings is 1. The summed E-state index contributed by atoms with van der Waals surface area (Å²) in [5.41, 5.74) is 1.47. The molecule has 114 valence electrons. The lowest BCUT2D eigenvalue weighted by molar-refractivity contribution is 0.0936. The fourth-order valence-corrected chi connectivity index (χ4v) is 2.79. The number of nitrogen functional groups attached to an aromatic ring is 1. The average molecular weight is 296 g/mol. The van der Waals surface area contributed by atoms with Crippen molar-refractivity contribution in [2.75, 3.05) is 18.5 Å². The van der Waals surface area contributed by atoms with E-state index >= 15 is 0 Å². The Balaban J connectivity index is 1.65. The lowest BCUT2D eigenvalue weighted by Gasteiger charge is -2.16. The van der Waals surface area contributed by atoms with Gasteiger partial charge in [0.15, 0.2) is 11.6 Å². The predicted molar refractivity (Wildman–Crippen MR) is 74.6 cm³/mol. The van der Waals surface area contributed by atoms with E-state index in [0.29, 0.717) is 6.04 Å². The van der Waals surface area contributed by atoms with Gasteiger partial charge in [-0.3, -0.25) is 15.5 Å². The number of hydrogen-bond donors (Lipinski definition) is 3. The lowest BCUT2D eigenvalue weighted by Crippen LogP contribution is -2.37. The Hall–Kier alpha value is -1.73. The van der Waals surface area contributed by atoms with Crippen LogP contribution in [0.5, 0.6) is 0 Å². The quantitative estimate of drug-likeness (QED) is 0.577. The number of nitrogens with one attached hydrogen (secondary N) is 2. The van der Waals surface area contributed by atoms with E-state index in [9.17, 15) is 13.6 Å². The molecule has 1 amide bonds. The molecule has 0 aromatic heterocycles. The topological polar surface area (TPSA) is 70.4 Å². The molecule has 1 saturated heterocycles. The molecule has 3 rings (SSSR count). The Labute approximate surface area is 121 Å². The zero-order valence-corrected chi connectivity index (χ0v) is 11.5. The predicted octanol–water partition coefficient (Wildman–Crippen LogP) is 1.22. The smallest absolute Gasteiger partial charge is 0.251 e. The molecule has 0 bridgehead atoms. The van der Waals surface area contributed by atoms with Crippen molar-refractivity contribution >= 4 is 11.6 Å². The van der Waals surface area contributed by atoms with Crippen molar-refractivity contribution < 1.29 is 13.6 Å². The second-order valence-electron chi connectivity index (χ2n) is 5.64. The minimum absolute atomic E-state index is 0.0335. The third kappa shape index (κ3) is 2.98. The fraction of sp³-hybridized carbons (Fsp3) is 0.500. The Morgan fingerprint density at radius 2 is 1.90 bits per heavy atom. The van der Waals surface area contributed by atoms with Crippen molar-refractivity contribution in [3.05, 3.63) is 29.3 Å². The van der Waals surface area contributed by atoms with Crippen molar-refractivity contribution in [1.29, 1.82) is 0 Å². The largest absolute Gasteiger partial charge is 0.348 e. The maximum Gasteiger partial charge on any atom is 0.251 e. The van der Waals surface area contributed by atoms with Gasteiger partial charge < -0.3 is 10.7 Å². The summed E-state index contributed by atoms with van der Waals surface area (Å²) in [5.74, 6) is 2.80. The zero-order valence-electron chi connectivity index (χ0n) is 11.5. The van der Waals surface area contributed by atoms with E-state index in [1.807, 2.05) is 5.43 Å². The summed E-state index contributed by atoms with van der Waals surface area (Å²) >= 11 is 0. The Kier molecular flexibility index (Phi) is 3.77. The zero-order chi connectivity index (χ0) is 15.0. The van der Waals surface area contributed by atoms with E-state index in [4.69, 9.17) is 5.84 Å². The highest BCUT2D eigenvalue weighted by Gasteiger charge is 2.34. The number of rotatable bonds is 4. The third-order valence-electron chi connectivity index (χ3n) is 4.07. The second-order valence-corrected chi connectivity index (χ2v) is 5.64. The van der Waals surface area contributed by atoms with Crippen molar-refractivity contribution in [3.63, 3.8) is 0 Å². The van der Waals surface area contributed by atoms with E-state index in [0.717, 1.165) is 31.6 Å². The molecule has 0 radical (unpaired) electrons. The molecule has 1 atom stereocenters. The molecule has 4 N–H and O–H groups in total. The summed E-state index contributed by atoms with van der Waals surface area (Å²) in [6.07, 6.45) is 3.32. The number of hydrazine groups is 1. The number of carbonyl (C=O) groups excluding carboxylic acids is 1. The summed E-state index contributed by atoms with van der Waals surface area (Å²) in [5, 5.41) is 2.83. The first kappa shape index (κ1) is 14.2. The van der Waals surface area contributed by atoms with Crippen molar-refractivity contribution in [2.24, 2.45) is 5.84 Å². The van der Waals surface area contributed by atoms with Crippen LogP contribution in [0.15, 0.2) is 12.1 Å². The number of nitrogens with two attached hydrogens (primary N) is 1. The minimum atomic E-state index is -0.881. The first-order valence-electron chi connectivity index (χ1n) is 7.09. The van der Waals surface area contributed by atoms with Gasteiger partial charge in [-0.25, -0.2) is 8.78 Å². The van der Waals surface area contributed by atoms with Gasteiger partial charge in [0.25, 0.3) is 5.91 Å². The van der Waals surface area contributed by atoms with Crippen LogP contribution in [-0.2, 0) is 0 Å². The first-order chi connectivity index (χ1) is 10.1. The minimum Gasteiger partial charge on any atom is -0.348 e. The van der Waals surface area contributed by atoms with Crippen LogP contribution in [0.2, 0.25) is 0 Å². The van der Waals surface area contributed by atoms with Crippen molar-refractivity contribution in [1.82, 2.24) is 10.2 Å².